The monoisotopic (exact) mass is 228 g/mol. The highest BCUT2D eigenvalue weighted by Crippen LogP contribution is 2.30. The Morgan fingerprint density at radius 1 is 1.73 bits per heavy atom. The molecule has 3 N–H and O–H groups in total. The Balaban J connectivity index is 2.20. The maximum Gasteiger partial charge on any atom is 0.254 e. The molecule has 2 unspecified atom stereocenters. The number of anilines is 1. The third kappa shape index (κ3) is 2.17. The van der Waals surface area contributed by atoms with Crippen molar-refractivity contribution in [1.29, 1.82) is 0 Å². The summed E-state index contributed by atoms with van der Waals surface area (Å²) in [4.78, 5) is 11.6. The summed E-state index contributed by atoms with van der Waals surface area (Å²) >= 11 is 1.50. The number of nitrogen functional groups attached to an aromatic ring is 1. The molecule has 0 spiro atoms. The van der Waals surface area contributed by atoms with Crippen LogP contribution in [0.15, 0.2) is 23.1 Å². The summed E-state index contributed by atoms with van der Waals surface area (Å²) in [5, 5.41) is 8.89. The zero-order chi connectivity index (χ0) is 10.8. The summed E-state index contributed by atoms with van der Waals surface area (Å²) in [6.45, 7) is -0.0368. The minimum Gasteiger partial charge on any atom is -0.399 e. The highest BCUT2D eigenvalue weighted by atomic mass is 32.2. The van der Waals surface area contributed by atoms with Gasteiger partial charge in [-0.25, -0.2) is 0 Å². The van der Waals surface area contributed by atoms with Crippen LogP contribution >= 0.6 is 11.8 Å². The number of nitrogens with two attached hydrogens (primary N) is 1. The Hall–Kier alpha value is -0.980. The number of nitrogens with zero attached hydrogens (tertiary/aromatic N) is 1. The molecule has 5 nitrogen and oxygen atoms in total. The van der Waals surface area contributed by atoms with Crippen LogP contribution in [0, 0.1) is 0 Å². The Morgan fingerprint density at radius 2 is 2.53 bits per heavy atom. The van der Waals surface area contributed by atoms with Crippen molar-refractivity contribution in [2.24, 2.45) is 0 Å². The van der Waals surface area contributed by atoms with E-state index >= 15 is 0 Å². The average molecular weight is 228 g/mol. The molecule has 0 aromatic carbocycles. The van der Waals surface area contributed by atoms with Gasteiger partial charge in [-0.2, -0.15) is 0 Å². The molecule has 1 saturated heterocycles. The van der Waals surface area contributed by atoms with Crippen LogP contribution in [0.3, 0.4) is 0 Å². The topological polar surface area (TPSA) is 77.5 Å². The van der Waals surface area contributed by atoms with Gasteiger partial charge in [0.1, 0.15) is 11.7 Å². The molecule has 0 bridgehead atoms. The van der Waals surface area contributed by atoms with Crippen LogP contribution in [0.1, 0.15) is 6.23 Å². The number of hydrogen-bond acceptors (Lipinski definition) is 5. The first-order valence-corrected chi connectivity index (χ1v) is 5.61. The van der Waals surface area contributed by atoms with E-state index in [9.17, 15) is 4.79 Å². The summed E-state index contributed by atoms with van der Waals surface area (Å²) in [7, 11) is 0. The molecular formula is C9H12N2O3S. The Morgan fingerprint density at radius 3 is 3.13 bits per heavy atom. The maximum atomic E-state index is 11.6. The van der Waals surface area contributed by atoms with E-state index in [1.807, 2.05) is 0 Å². The second-order valence-corrected chi connectivity index (χ2v) is 4.43. The van der Waals surface area contributed by atoms with E-state index in [1.54, 1.807) is 12.3 Å². The van der Waals surface area contributed by atoms with Crippen molar-refractivity contribution in [3.8, 4) is 0 Å². The largest absolute Gasteiger partial charge is 0.399 e. The molecule has 0 aliphatic carbocycles. The summed E-state index contributed by atoms with van der Waals surface area (Å²) in [6.07, 6.45) is 1.31. The average Bonchev–Trinajstić information content (AvgIpc) is 2.66. The van der Waals surface area contributed by atoms with Gasteiger partial charge in [-0.3, -0.25) is 9.36 Å². The molecule has 82 valence electrons. The molecule has 15 heavy (non-hydrogen) atoms. The lowest BCUT2D eigenvalue weighted by molar-refractivity contribution is -0.00561. The fourth-order valence-electron chi connectivity index (χ4n) is 1.43. The quantitative estimate of drug-likeness (QED) is 0.745. The van der Waals surface area contributed by atoms with Crippen molar-refractivity contribution in [3.05, 3.63) is 28.7 Å². The summed E-state index contributed by atoms with van der Waals surface area (Å²) in [5.74, 6) is 0.662. The Labute approximate surface area is 90.8 Å². The van der Waals surface area contributed by atoms with Crippen LogP contribution in [0.5, 0.6) is 0 Å². The molecule has 2 atom stereocenters. The number of aliphatic hydroxyl groups is 1. The van der Waals surface area contributed by atoms with E-state index in [-0.39, 0.29) is 23.8 Å². The van der Waals surface area contributed by atoms with Crippen molar-refractivity contribution in [2.75, 3.05) is 18.1 Å². The normalized spacial score (nSPS) is 25.7. The van der Waals surface area contributed by atoms with Crippen molar-refractivity contribution >= 4 is 17.4 Å². The van der Waals surface area contributed by atoms with Gasteiger partial charge in [-0.15, -0.1) is 11.8 Å². The first-order chi connectivity index (χ1) is 7.20. The lowest BCUT2D eigenvalue weighted by Gasteiger charge is -2.13. The van der Waals surface area contributed by atoms with Gasteiger partial charge in [-0.1, -0.05) is 0 Å². The van der Waals surface area contributed by atoms with Gasteiger partial charge in [-0.05, 0) is 6.07 Å². The fourth-order valence-corrected chi connectivity index (χ4v) is 2.36. The minimum atomic E-state index is -0.305. The molecule has 1 aliphatic rings. The maximum absolute atomic E-state index is 11.6. The first kappa shape index (κ1) is 10.5. The summed E-state index contributed by atoms with van der Waals surface area (Å²) in [5.41, 5.74) is 5.51. The van der Waals surface area contributed by atoms with Gasteiger partial charge in [0.25, 0.3) is 5.56 Å². The van der Waals surface area contributed by atoms with Crippen LogP contribution < -0.4 is 11.3 Å². The van der Waals surface area contributed by atoms with E-state index in [2.05, 4.69) is 0 Å². The van der Waals surface area contributed by atoms with Crippen LogP contribution in [-0.2, 0) is 4.74 Å². The lowest BCUT2D eigenvalue weighted by Crippen LogP contribution is -2.25. The van der Waals surface area contributed by atoms with Gasteiger partial charge in [0.05, 0.1) is 6.61 Å². The Bertz CT molecular complexity index is 407. The van der Waals surface area contributed by atoms with E-state index in [1.165, 1.54) is 22.4 Å². The number of hydrogen-bond donors (Lipinski definition) is 2. The summed E-state index contributed by atoms with van der Waals surface area (Å²) in [6, 6.07) is 3.02. The van der Waals surface area contributed by atoms with Gasteiger partial charge in [0, 0.05) is 23.7 Å². The molecule has 2 heterocycles. The number of rotatable bonds is 2. The number of aromatic nitrogens is 1. The van der Waals surface area contributed by atoms with E-state index in [0.29, 0.717) is 11.4 Å². The van der Waals surface area contributed by atoms with Crippen molar-refractivity contribution in [3.63, 3.8) is 0 Å². The molecule has 0 amide bonds. The fraction of sp³-hybridized carbons (Fsp3) is 0.444. The van der Waals surface area contributed by atoms with Gasteiger partial charge in [0.2, 0.25) is 0 Å². The van der Waals surface area contributed by atoms with Crippen molar-refractivity contribution < 1.29 is 9.84 Å². The molecule has 1 aromatic rings. The zero-order valence-electron chi connectivity index (χ0n) is 8.00. The smallest absolute Gasteiger partial charge is 0.254 e. The number of thioether (sulfide) groups is 1. The third-order valence-corrected chi connectivity index (χ3v) is 3.27. The second kappa shape index (κ2) is 4.26. The SMILES string of the molecule is Nc1ccn(C2CSC(CO)O2)c(=O)c1. The molecule has 0 radical (unpaired) electrons. The highest BCUT2D eigenvalue weighted by molar-refractivity contribution is 8.00. The standard InChI is InChI=1S/C9H12N2O3S/c10-6-1-2-11(7(13)3-6)8-5-15-9(4-12)14-8/h1-3,8-9,12H,4-5,10H2. The van der Waals surface area contributed by atoms with E-state index in [4.69, 9.17) is 15.6 Å². The van der Waals surface area contributed by atoms with E-state index < -0.39 is 0 Å². The van der Waals surface area contributed by atoms with Gasteiger partial charge < -0.3 is 15.6 Å². The summed E-state index contributed by atoms with van der Waals surface area (Å²) < 4.78 is 6.94. The number of pyridine rings is 1. The predicted molar refractivity (Wildman–Crippen MR) is 58.6 cm³/mol. The third-order valence-electron chi connectivity index (χ3n) is 2.17. The molecule has 1 fully saturated rings. The van der Waals surface area contributed by atoms with Crippen molar-refractivity contribution in [2.45, 2.75) is 11.7 Å². The number of ether oxygens (including phenoxy) is 1. The van der Waals surface area contributed by atoms with Crippen LogP contribution in [0.25, 0.3) is 0 Å². The minimum absolute atomic E-state index is 0.0368. The molecule has 0 saturated carbocycles. The second-order valence-electron chi connectivity index (χ2n) is 3.24. The van der Waals surface area contributed by atoms with Crippen molar-refractivity contribution in [1.82, 2.24) is 4.57 Å². The molecule has 2 rings (SSSR count). The zero-order valence-corrected chi connectivity index (χ0v) is 8.81. The highest BCUT2D eigenvalue weighted by Gasteiger charge is 2.26. The molecular weight excluding hydrogens is 216 g/mol. The Kier molecular flexibility index (Phi) is 2.99. The molecule has 1 aromatic heterocycles. The van der Waals surface area contributed by atoms with E-state index in [0.717, 1.165) is 0 Å². The molecule has 1 aliphatic heterocycles. The van der Waals surface area contributed by atoms with Crippen LogP contribution in [-0.4, -0.2) is 27.5 Å². The van der Waals surface area contributed by atoms with Crippen LogP contribution in [0.4, 0.5) is 5.69 Å². The van der Waals surface area contributed by atoms with Gasteiger partial charge in [0.15, 0.2) is 0 Å². The molecule has 6 heteroatoms. The first-order valence-electron chi connectivity index (χ1n) is 4.56. The van der Waals surface area contributed by atoms with Crippen LogP contribution in [0.2, 0.25) is 0 Å². The predicted octanol–water partition coefficient (Wildman–Crippen LogP) is 0.0109. The van der Waals surface area contributed by atoms with Gasteiger partial charge >= 0.3 is 0 Å². The lowest BCUT2D eigenvalue weighted by atomic mass is 10.4. The number of aliphatic hydroxyl groups excluding tert-OH is 1.